The van der Waals surface area contributed by atoms with Crippen molar-refractivity contribution in [3.8, 4) is 17.0 Å². The van der Waals surface area contributed by atoms with Crippen LogP contribution in [0, 0.1) is 5.82 Å². The fourth-order valence-electron chi connectivity index (χ4n) is 2.32. The molecule has 0 radical (unpaired) electrons. The SMILES string of the molecule is COc1ccc(F)cc1-c1nc(NS(=O)(=O)c2cccc(N)n2)ccc1Cl. The van der Waals surface area contributed by atoms with E-state index in [9.17, 15) is 12.8 Å². The first-order valence-corrected chi connectivity index (χ1v) is 9.42. The Kier molecular flexibility index (Phi) is 5.15. The second kappa shape index (κ2) is 7.37. The summed E-state index contributed by atoms with van der Waals surface area (Å²) >= 11 is 6.17. The van der Waals surface area contributed by atoms with Crippen LogP contribution in [0.25, 0.3) is 11.3 Å². The summed E-state index contributed by atoms with van der Waals surface area (Å²) in [7, 11) is -2.60. The van der Waals surface area contributed by atoms with Crippen LogP contribution < -0.4 is 15.2 Å². The van der Waals surface area contributed by atoms with Gasteiger partial charge in [0.2, 0.25) is 0 Å². The number of nitrogens with two attached hydrogens (primary N) is 1. The van der Waals surface area contributed by atoms with Gasteiger partial charge in [0.05, 0.1) is 17.8 Å². The largest absolute Gasteiger partial charge is 0.496 e. The third-order valence-corrected chi connectivity index (χ3v) is 5.08. The maximum absolute atomic E-state index is 13.7. The molecule has 10 heteroatoms. The maximum atomic E-state index is 13.7. The molecule has 140 valence electrons. The fraction of sp³-hybridized carbons (Fsp3) is 0.0588. The highest BCUT2D eigenvalue weighted by Crippen LogP contribution is 2.35. The normalized spacial score (nSPS) is 11.2. The van der Waals surface area contributed by atoms with Crippen molar-refractivity contribution in [2.75, 3.05) is 17.6 Å². The third-order valence-electron chi connectivity index (χ3n) is 3.52. The number of anilines is 2. The highest BCUT2D eigenvalue weighted by Gasteiger charge is 2.19. The standard InChI is InChI=1S/C17H14ClFN4O3S/c1-26-13-7-5-10(19)9-11(13)17-12(18)6-8-15(22-17)23-27(24,25)16-4-2-3-14(20)21-16/h2-9H,1H3,(H2,20,21)(H,22,23). The van der Waals surface area contributed by atoms with E-state index in [1.165, 1.54) is 55.6 Å². The molecule has 0 saturated carbocycles. The van der Waals surface area contributed by atoms with Crippen LogP contribution in [0.4, 0.5) is 16.0 Å². The summed E-state index contributed by atoms with van der Waals surface area (Å²) in [6.45, 7) is 0. The number of nitrogens with zero attached hydrogens (tertiary/aromatic N) is 2. The number of ether oxygens (including phenoxy) is 1. The van der Waals surface area contributed by atoms with Crippen LogP contribution in [0.1, 0.15) is 0 Å². The highest BCUT2D eigenvalue weighted by atomic mass is 35.5. The van der Waals surface area contributed by atoms with Gasteiger partial charge in [-0.15, -0.1) is 0 Å². The summed E-state index contributed by atoms with van der Waals surface area (Å²) in [5, 5.41) is -0.0620. The predicted molar refractivity (Wildman–Crippen MR) is 101 cm³/mol. The molecule has 0 amide bonds. The second-order valence-electron chi connectivity index (χ2n) is 5.38. The van der Waals surface area contributed by atoms with Gasteiger partial charge in [-0.25, -0.2) is 14.4 Å². The van der Waals surface area contributed by atoms with E-state index in [1.54, 1.807) is 0 Å². The fourth-order valence-corrected chi connectivity index (χ4v) is 3.51. The van der Waals surface area contributed by atoms with E-state index in [1.807, 2.05) is 0 Å². The van der Waals surface area contributed by atoms with Gasteiger partial charge in [0.25, 0.3) is 10.0 Å². The summed E-state index contributed by atoms with van der Waals surface area (Å²) in [6.07, 6.45) is 0. The van der Waals surface area contributed by atoms with E-state index in [0.29, 0.717) is 5.75 Å². The first-order chi connectivity index (χ1) is 12.8. The van der Waals surface area contributed by atoms with E-state index < -0.39 is 15.8 Å². The van der Waals surface area contributed by atoms with Crippen molar-refractivity contribution in [2.45, 2.75) is 5.03 Å². The number of pyridine rings is 2. The number of nitrogens with one attached hydrogen (secondary N) is 1. The van der Waals surface area contributed by atoms with Crippen LogP contribution in [0.2, 0.25) is 5.02 Å². The molecule has 7 nitrogen and oxygen atoms in total. The molecular weight excluding hydrogens is 395 g/mol. The molecule has 0 saturated heterocycles. The molecule has 0 atom stereocenters. The smallest absolute Gasteiger partial charge is 0.280 e. The molecule has 0 fully saturated rings. The van der Waals surface area contributed by atoms with Crippen molar-refractivity contribution in [2.24, 2.45) is 0 Å². The average molecular weight is 409 g/mol. The zero-order valence-electron chi connectivity index (χ0n) is 14.0. The maximum Gasteiger partial charge on any atom is 0.280 e. The van der Waals surface area contributed by atoms with Gasteiger partial charge in [0.15, 0.2) is 5.03 Å². The van der Waals surface area contributed by atoms with Crippen LogP contribution in [-0.4, -0.2) is 25.5 Å². The Bertz CT molecular complexity index is 1110. The van der Waals surface area contributed by atoms with Gasteiger partial charge in [0, 0.05) is 5.56 Å². The summed E-state index contributed by atoms with van der Waals surface area (Å²) in [5.74, 6) is -0.140. The molecule has 2 aromatic heterocycles. The second-order valence-corrected chi connectivity index (χ2v) is 7.41. The number of methoxy groups -OCH3 is 1. The summed E-state index contributed by atoms with van der Waals surface area (Å²) in [4.78, 5) is 7.98. The minimum absolute atomic E-state index is 0.0232. The molecule has 3 N–H and O–H groups in total. The first-order valence-electron chi connectivity index (χ1n) is 7.56. The zero-order valence-corrected chi connectivity index (χ0v) is 15.6. The van der Waals surface area contributed by atoms with E-state index in [0.717, 1.165) is 0 Å². The molecule has 0 aliphatic heterocycles. The van der Waals surface area contributed by atoms with Gasteiger partial charge >= 0.3 is 0 Å². The molecule has 2 heterocycles. The Morgan fingerprint density at radius 1 is 1.15 bits per heavy atom. The first kappa shape index (κ1) is 18.9. The minimum atomic E-state index is -4.02. The van der Waals surface area contributed by atoms with Crippen molar-refractivity contribution in [1.82, 2.24) is 9.97 Å². The van der Waals surface area contributed by atoms with E-state index in [2.05, 4.69) is 14.7 Å². The predicted octanol–water partition coefficient (Wildman–Crippen LogP) is 3.33. The lowest BCUT2D eigenvalue weighted by Crippen LogP contribution is -2.16. The van der Waals surface area contributed by atoms with Gasteiger partial charge in [0.1, 0.15) is 23.2 Å². The number of hydrogen-bond acceptors (Lipinski definition) is 6. The lowest BCUT2D eigenvalue weighted by atomic mass is 10.1. The number of sulfonamides is 1. The molecule has 0 bridgehead atoms. The number of halogens is 2. The van der Waals surface area contributed by atoms with Crippen molar-refractivity contribution in [1.29, 1.82) is 0 Å². The summed E-state index contributed by atoms with van der Waals surface area (Å²) in [5.41, 5.74) is 5.97. The number of rotatable bonds is 5. The van der Waals surface area contributed by atoms with Gasteiger partial charge in [-0.05, 0) is 42.5 Å². The molecule has 27 heavy (non-hydrogen) atoms. The average Bonchev–Trinajstić information content (AvgIpc) is 2.63. The van der Waals surface area contributed by atoms with Crippen LogP contribution in [0.5, 0.6) is 5.75 Å². The molecule has 0 spiro atoms. The number of benzene rings is 1. The molecule has 0 aliphatic carbocycles. The number of hydrogen-bond donors (Lipinski definition) is 2. The van der Waals surface area contributed by atoms with Crippen molar-refractivity contribution in [3.63, 3.8) is 0 Å². The van der Waals surface area contributed by atoms with Crippen molar-refractivity contribution < 1.29 is 17.5 Å². The Morgan fingerprint density at radius 3 is 2.63 bits per heavy atom. The van der Waals surface area contributed by atoms with E-state index in [4.69, 9.17) is 22.1 Å². The van der Waals surface area contributed by atoms with Crippen LogP contribution >= 0.6 is 11.6 Å². The lowest BCUT2D eigenvalue weighted by molar-refractivity contribution is 0.415. The third kappa shape index (κ3) is 4.09. The van der Waals surface area contributed by atoms with Crippen LogP contribution in [0.3, 0.4) is 0 Å². The summed E-state index contributed by atoms with van der Waals surface area (Å²) in [6, 6.07) is 10.9. The van der Waals surface area contributed by atoms with E-state index >= 15 is 0 Å². The van der Waals surface area contributed by atoms with Gasteiger partial charge in [-0.2, -0.15) is 8.42 Å². The monoisotopic (exact) mass is 408 g/mol. The lowest BCUT2D eigenvalue weighted by Gasteiger charge is -2.12. The Balaban J connectivity index is 2.03. The zero-order chi connectivity index (χ0) is 19.6. The quantitative estimate of drug-likeness (QED) is 0.670. The molecule has 3 rings (SSSR count). The Morgan fingerprint density at radius 2 is 1.93 bits per heavy atom. The molecule has 0 aliphatic rings. The molecule has 3 aromatic rings. The topological polar surface area (TPSA) is 107 Å². The van der Waals surface area contributed by atoms with Gasteiger partial charge in [-0.3, -0.25) is 4.72 Å². The molecular formula is C17H14ClFN4O3S. The van der Waals surface area contributed by atoms with Gasteiger partial charge in [-0.1, -0.05) is 17.7 Å². The van der Waals surface area contributed by atoms with Crippen LogP contribution in [-0.2, 0) is 10.0 Å². The Hall–Kier alpha value is -2.91. The van der Waals surface area contributed by atoms with Crippen LogP contribution in [0.15, 0.2) is 53.6 Å². The molecule has 0 unspecified atom stereocenters. The minimum Gasteiger partial charge on any atom is -0.496 e. The number of nitrogen functional groups attached to an aromatic ring is 1. The van der Waals surface area contributed by atoms with Gasteiger partial charge < -0.3 is 10.5 Å². The number of aromatic nitrogens is 2. The van der Waals surface area contributed by atoms with E-state index in [-0.39, 0.29) is 32.9 Å². The highest BCUT2D eigenvalue weighted by molar-refractivity contribution is 7.92. The Labute approximate surface area is 160 Å². The summed E-state index contributed by atoms with van der Waals surface area (Å²) < 4.78 is 46.1. The van der Waals surface area contributed by atoms with Crippen molar-refractivity contribution in [3.05, 3.63) is 59.4 Å². The molecule has 1 aromatic carbocycles. The van der Waals surface area contributed by atoms with Crippen molar-refractivity contribution >= 4 is 33.3 Å².